The lowest BCUT2D eigenvalue weighted by Gasteiger charge is -2.37. The van der Waals surface area contributed by atoms with Crippen molar-refractivity contribution in [3.8, 4) is 0 Å². The smallest absolute Gasteiger partial charge is 0.351 e. The SMILES string of the molecule is CC(C)(C)[Si](C)(C)OC[C@H]1O[C@@H](n2cc(I)c(NC(=O)c3ccccc3)nc2=O)CC1O. The van der Waals surface area contributed by atoms with Gasteiger partial charge in [-0.1, -0.05) is 39.0 Å². The van der Waals surface area contributed by atoms with Gasteiger partial charge >= 0.3 is 5.69 Å². The second-order valence-corrected chi connectivity index (χ2v) is 15.4. The zero-order valence-electron chi connectivity index (χ0n) is 19.0. The van der Waals surface area contributed by atoms with Crippen molar-refractivity contribution >= 4 is 42.6 Å². The highest BCUT2D eigenvalue weighted by Gasteiger charge is 2.41. The van der Waals surface area contributed by atoms with Gasteiger partial charge in [-0.3, -0.25) is 9.36 Å². The van der Waals surface area contributed by atoms with Crippen molar-refractivity contribution in [3.63, 3.8) is 0 Å². The van der Waals surface area contributed by atoms with Gasteiger partial charge in [0.25, 0.3) is 5.91 Å². The molecule has 3 rings (SSSR count). The van der Waals surface area contributed by atoms with Crippen LogP contribution >= 0.6 is 22.6 Å². The molecule has 1 unspecified atom stereocenters. The van der Waals surface area contributed by atoms with Gasteiger partial charge in [0.2, 0.25) is 0 Å². The fraction of sp³-hybridized carbons (Fsp3) is 0.500. The van der Waals surface area contributed by atoms with Crippen molar-refractivity contribution in [2.24, 2.45) is 0 Å². The van der Waals surface area contributed by atoms with Crippen LogP contribution in [-0.4, -0.2) is 47.7 Å². The van der Waals surface area contributed by atoms with E-state index in [0.29, 0.717) is 9.13 Å². The number of aromatic nitrogens is 2. The summed E-state index contributed by atoms with van der Waals surface area (Å²) in [4.78, 5) is 29.1. The van der Waals surface area contributed by atoms with Crippen molar-refractivity contribution in [3.05, 3.63) is 56.1 Å². The summed E-state index contributed by atoms with van der Waals surface area (Å²) >= 11 is 2.01. The number of ether oxygens (including phenoxy) is 1. The Morgan fingerprint density at radius 1 is 1.34 bits per heavy atom. The summed E-state index contributed by atoms with van der Waals surface area (Å²) in [6.45, 7) is 11.0. The molecule has 0 bridgehead atoms. The highest BCUT2D eigenvalue weighted by molar-refractivity contribution is 14.1. The van der Waals surface area contributed by atoms with E-state index in [2.05, 4.69) is 44.2 Å². The van der Waals surface area contributed by atoms with Gasteiger partial charge in [0.1, 0.15) is 12.3 Å². The minimum atomic E-state index is -1.99. The Morgan fingerprint density at radius 3 is 2.62 bits per heavy atom. The molecule has 1 aliphatic rings. The van der Waals surface area contributed by atoms with E-state index >= 15 is 0 Å². The lowest BCUT2D eigenvalue weighted by molar-refractivity contribution is -0.0432. The number of aliphatic hydroxyl groups excluding tert-OH is 1. The lowest BCUT2D eigenvalue weighted by Crippen LogP contribution is -2.43. The zero-order valence-corrected chi connectivity index (χ0v) is 22.1. The molecular weight excluding hydrogens is 541 g/mol. The van der Waals surface area contributed by atoms with E-state index in [9.17, 15) is 14.7 Å². The van der Waals surface area contributed by atoms with Crippen LogP contribution in [0.5, 0.6) is 0 Å². The monoisotopic (exact) mass is 571 g/mol. The molecule has 1 saturated heterocycles. The molecular formula is C22H30IN3O5Si. The molecule has 2 aromatic rings. The number of aliphatic hydroxyl groups is 1. The van der Waals surface area contributed by atoms with Gasteiger partial charge in [0.15, 0.2) is 14.1 Å². The topological polar surface area (TPSA) is 103 Å². The normalized spacial score (nSPS) is 21.5. The fourth-order valence-electron chi connectivity index (χ4n) is 3.05. The lowest BCUT2D eigenvalue weighted by atomic mass is 10.2. The van der Waals surface area contributed by atoms with E-state index in [4.69, 9.17) is 9.16 Å². The predicted molar refractivity (Wildman–Crippen MR) is 133 cm³/mol. The van der Waals surface area contributed by atoms with E-state index < -0.39 is 32.4 Å². The number of benzene rings is 1. The van der Waals surface area contributed by atoms with Crippen LogP contribution in [0, 0.1) is 3.57 Å². The highest BCUT2D eigenvalue weighted by atomic mass is 127. The maximum absolute atomic E-state index is 12.7. The standard InChI is InChI=1S/C22H30IN3O5Si/c1-22(2,3)32(4,5)30-13-17-16(27)11-18(31-17)26-12-15(23)19(25-21(26)29)24-20(28)14-9-7-6-8-10-14/h6-10,12,16-18,27H,11,13H2,1-5H3,(H,24,25,28,29)/t16?,17-,18-/m1/s1. The van der Waals surface area contributed by atoms with Gasteiger partial charge in [-0.15, -0.1) is 0 Å². The van der Waals surface area contributed by atoms with E-state index in [1.165, 1.54) is 4.57 Å². The summed E-state index contributed by atoms with van der Waals surface area (Å²) in [6.07, 6.45) is -0.0579. The summed E-state index contributed by atoms with van der Waals surface area (Å²) in [5.74, 6) is -0.152. The van der Waals surface area contributed by atoms with E-state index in [-0.39, 0.29) is 29.8 Å². The molecule has 0 aliphatic carbocycles. The molecule has 1 aromatic heterocycles. The summed E-state index contributed by atoms with van der Waals surface area (Å²) < 4.78 is 14.1. The van der Waals surface area contributed by atoms with E-state index in [1.807, 2.05) is 28.7 Å². The first-order valence-electron chi connectivity index (χ1n) is 10.5. The summed E-state index contributed by atoms with van der Waals surface area (Å²) in [5, 5.41) is 13.2. The van der Waals surface area contributed by atoms with Crippen LogP contribution in [0.4, 0.5) is 5.82 Å². The molecule has 1 aromatic carbocycles. The number of rotatable bonds is 6. The van der Waals surface area contributed by atoms with Crippen molar-refractivity contribution in [1.82, 2.24) is 9.55 Å². The third-order valence-corrected chi connectivity index (χ3v) is 11.4. The van der Waals surface area contributed by atoms with Crippen molar-refractivity contribution in [2.45, 2.75) is 63.8 Å². The molecule has 1 amide bonds. The number of halogens is 1. The molecule has 2 N–H and O–H groups in total. The third-order valence-electron chi connectivity index (χ3n) is 6.10. The molecule has 2 heterocycles. The van der Waals surface area contributed by atoms with Crippen LogP contribution in [0.15, 0.2) is 41.3 Å². The average Bonchev–Trinajstić information content (AvgIpc) is 3.09. The number of carbonyl (C=O) groups excluding carboxylic acids is 1. The Kier molecular flexibility index (Phi) is 7.60. The Labute approximate surface area is 202 Å². The van der Waals surface area contributed by atoms with Gasteiger partial charge < -0.3 is 19.6 Å². The van der Waals surface area contributed by atoms with Gasteiger partial charge in [0.05, 0.1) is 16.3 Å². The zero-order chi connectivity index (χ0) is 23.7. The molecule has 0 radical (unpaired) electrons. The summed E-state index contributed by atoms with van der Waals surface area (Å²) in [6, 6.07) is 8.71. The maximum atomic E-state index is 12.7. The molecule has 3 atom stereocenters. The molecule has 174 valence electrons. The van der Waals surface area contributed by atoms with E-state index in [1.54, 1.807) is 30.5 Å². The fourth-order valence-corrected chi connectivity index (χ4v) is 4.62. The maximum Gasteiger partial charge on any atom is 0.351 e. The van der Waals surface area contributed by atoms with Crippen LogP contribution in [0.3, 0.4) is 0 Å². The van der Waals surface area contributed by atoms with Gasteiger partial charge in [-0.25, -0.2) is 4.79 Å². The largest absolute Gasteiger partial charge is 0.414 e. The number of nitrogens with zero attached hydrogens (tertiary/aromatic N) is 2. The molecule has 1 aliphatic heterocycles. The number of anilines is 1. The molecule has 1 fully saturated rings. The van der Waals surface area contributed by atoms with Crippen molar-refractivity contribution in [1.29, 1.82) is 0 Å². The van der Waals surface area contributed by atoms with Crippen LogP contribution < -0.4 is 11.0 Å². The highest BCUT2D eigenvalue weighted by Crippen LogP contribution is 2.37. The molecule has 8 nitrogen and oxygen atoms in total. The summed E-state index contributed by atoms with van der Waals surface area (Å²) in [7, 11) is -1.99. The number of nitrogens with one attached hydrogen (secondary N) is 1. The summed E-state index contributed by atoms with van der Waals surface area (Å²) in [5.41, 5.74) is -0.0851. The number of hydrogen-bond donors (Lipinski definition) is 2. The van der Waals surface area contributed by atoms with E-state index in [0.717, 1.165) is 0 Å². The second kappa shape index (κ2) is 9.72. The first-order valence-corrected chi connectivity index (χ1v) is 14.5. The van der Waals surface area contributed by atoms with Crippen LogP contribution in [-0.2, 0) is 9.16 Å². The Morgan fingerprint density at radius 2 is 2.00 bits per heavy atom. The first-order chi connectivity index (χ1) is 14.9. The minimum absolute atomic E-state index is 0.0486. The second-order valence-electron chi connectivity index (χ2n) is 9.45. The van der Waals surface area contributed by atoms with Crippen molar-refractivity contribution in [2.75, 3.05) is 11.9 Å². The minimum Gasteiger partial charge on any atom is -0.414 e. The van der Waals surface area contributed by atoms with Gasteiger partial charge in [-0.05, 0) is 52.9 Å². The quantitative estimate of drug-likeness (QED) is 0.405. The first kappa shape index (κ1) is 25.0. The number of hydrogen-bond acceptors (Lipinski definition) is 6. The Balaban J connectivity index is 1.70. The Hall–Kier alpha value is -1.60. The Bertz CT molecular complexity index is 1020. The molecule has 32 heavy (non-hydrogen) atoms. The third kappa shape index (κ3) is 5.65. The van der Waals surface area contributed by atoms with Crippen molar-refractivity contribution < 1.29 is 19.1 Å². The van der Waals surface area contributed by atoms with Crippen LogP contribution in [0.2, 0.25) is 18.1 Å². The van der Waals surface area contributed by atoms with Crippen LogP contribution in [0.25, 0.3) is 0 Å². The molecule has 10 heteroatoms. The van der Waals surface area contributed by atoms with Gasteiger partial charge in [0, 0.05) is 18.2 Å². The molecule has 0 saturated carbocycles. The molecule has 0 spiro atoms. The number of amides is 1. The number of carbonyl (C=O) groups is 1. The van der Waals surface area contributed by atoms with Gasteiger partial charge in [-0.2, -0.15) is 4.98 Å². The average molecular weight is 571 g/mol. The van der Waals surface area contributed by atoms with Crippen LogP contribution in [0.1, 0.15) is 43.8 Å². The predicted octanol–water partition coefficient (Wildman–Crippen LogP) is 3.77.